The highest BCUT2D eigenvalue weighted by molar-refractivity contribution is 6.15. The van der Waals surface area contributed by atoms with Gasteiger partial charge in [-0.1, -0.05) is 158 Å². The first-order valence-electron chi connectivity index (χ1n) is 19.2. The highest BCUT2D eigenvalue weighted by Gasteiger charge is 2.20. The van der Waals surface area contributed by atoms with Gasteiger partial charge in [-0.15, -0.1) is 0 Å². The lowest BCUT2D eigenvalue weighted by molar-refractivity contribution is 0.669. The second-order valence-electron chi connectivity index (χ2n) is 14.5. The second-order valence-corrected chi connectivity index (χ2v) is 14.5. The van der Waals surface area contributed by atoms with Gasteiger partial charge in [0.2, 0.25) is 0 Å². The lowest BCUT2D eigenvalue weighted by Gasteiger charge is -2.27. The molecule has 1 aromatic heterocycles. The Morgan fingerprint density at radius 3 is 1.68 bits per heavy atom. The van der Waals surface area contributed by atoms with Gasteiger partial charge >= 0.3 is 0 Å². The van der Waals surface area contributed by atoms with Gasteiger partial charge in [-0.25, -0.2) is 0 Å². The Bertz CT molecular complexity index is 3240. The van der Waals surface area contributed by atoms with E-state index >= 15 is 0 Å². The van der Waals surface area contributed by atoms with Crippen LogP contribution in [0.25, 0.3) is 87.6 Å². The molecule has 0 unspecified atom stereocenters. The van der Waals surface area contributed by atoms with Crippen molar-refractivity contribution in [1.82, 2.24) is 0 Å². The molecule has 0 bridgehead atoms. The minimum atomic E-state index is 0.870. The zero-order valence-electron chi connectivity index (χ0n) is 30.6. The fourth-order valence-electron chi connectivity index (χ4n) is 8.60. The van der Waals surface area contributed by atoms with E-state index in [9.17, 15) is 0 Å². The molecule has 11 rings (SSSR count). The van der Waals surface area contributed by atoms with Gasteiger partial charge in [0.1, 0.15) is 11.2 Å². The van der Waals surface area contributed by atoms with E-state index in [-0.39, 0.29) is 0 Å². The molecule has 0 aliphatic rings. The summed E-state index contributed by atoms with van der Waals surface area (Å²) >= 11 is 0. The Morgan fingerprint density at radius 1 is 0.304 bits per heavy atom. The van der Waals surface area contributed by atoms with E-state index in [1.807, 2.05) is 12.1 Å². The van der Waals surface area contributed by atoms with Crippen molar-refractivity contribution in [2.75, 3.05) is 4.90 Å². The van der Waals surface area contributed by atoms with Crippen molar-refractivity contribution in [3.05, 3.63) is 212 Å². The minimum absolute atomic E-state index is 0.870. The minimum Gasteiger partial charge on any atom is -0.456 e. The van der Waals surface area contributed by atoms with Crippen molar-refractivity contribution in [1.29, 1.82) is 0 Å². The molecule has 2 nitrogen and oxygen atoms in total. The summed E-state index contributed by atoms with van der Waals surface area (Å²) in [5, 5.41) is 9.76. The summed E-state index contributed by atoms with van der Waals surface area (Å²) in [6.07, 6.45) is 0. The number of hydrogen-bond donors (Lipinski definition) is 0. The zero-order chi connectivity index (χ0) is 37.0. The molecule has 0 N–H and O–H groups in total. The van der Waals surface area contributed by atoms with Crippen molar-refractivity contribution in [2.24, 2.45) is 0 Å². The first-order valence-corrected chi connectivity index (χ1v) is 19.2. The summed E-state index contributed by atoms with van der Waals surface area (Å²) in [7, 11) is 0. The van der Waals surface area contributed by atoms with Crippen LogP contribution in [0.15, 0.2) is 217 Å². The third-order valence-electron chi connectivity index (χ3n) is 11.2. The highest BCUT2D eigenvalue weighted by atomic mass is 16.3. The Labute approximate surface area is 325 Å². The van der Waals surface area contributed by atoms with Crippen LogP contribution in [0.4, 0.5) is 17.1 Å². The summed E-state index contributed by atoms with van der Waals surface area (Å²) < 4.78 is 6.39. The molecule has 1 heterocycles. The van der Waals surface area contributed by atoms with E-state index in [0.717, 1.165) is 39.0 Å². The van der Waals surface area contributed by atoms with Gasteiger partial charge < -0.3 is 9.32 Å². The number of nitrogens with zero attached hydrogens (tertiary/aromatic N) is 1. The van der Waals surface area contributed by atoms with Crippen molar-refractivity contribution in [3.8, 4) is 33.4 Å². The Morgan fingerprint density at radius 2 is 0.875 bits per heavy atom. The van der Waals surface area contributed by atoms with E-state index < -0.39 is 0 Å². The third-order valence-corrected chi connectivity index (χ3v) is 11.2. The molecule has 11 aromatic rings. The molecule has 262 valence electrons. The highest BCUT2D eigenvalue weighted by Crippen LogP contribution is 2.44. The lowest BCUT2D eigenvalue weighted by atomic mass is 9.93. The number of rotatable bonds is 6. The van der Waals surface area contributed by atoms with Crippen molar-refractivity contribution in [3.63, 3.8) is 0 Å². The quantitative estimate of drug-likeness (QED) is 0.160. The maximum absolute atomic E-state index is 6.39. The number of furan rings is 1. The van der Waals surface area contributed by atoms with Crippen LogP contribution >= 0.6 is 0 Å². The van der Waals surface area contributed by atoms with Crippen molar-refractivity contribution < 1.29 is 4.42 Å². The van der Waals surface area contributed by atoms with Gasteiger partial charge in [-0.05, 0) is 120 Å². The van der Waals surface area contributed by atoms with Gasteiger partial charge in [0, 0.05) is 16.8 Å². The fraction of sp³-hybridized carbons (Fsp3) is 0. The van der Waals surface area contributed by atoms with Crippen molar-refractivity contribution >= 4 is 71.3 Å². The van der Waals surface area contributed by atoms with Crippen LogP contribution in [-0.2, 0) is 0 Å². The van der Waals surface area contributed by atoms with Crippen LogP contribution in [0, 0.1) is 0 Å². The van der Waals surface area contributed by atoms with Crippen LogP contribution in [0.3, 0.4) is 0 Å². The van der Waals surface area contributed by atoms with E-state index in [1.54, 1.807) is 0 Å². The fourth-order valence-corrected chi connectivity index (χ4v) is 8.60. The van der Waals surface area contributed by atoms with E-state index in [4.69, 9.17) is 4.42 Å². The summed E-state index contributed by atoms with van der Waals surface area (Å²) in [6.45, 7) is 0. The molecule has 0 amide bonds. The SMILES string of the molecule is c1cc(-c2ccc(N(c3ccc(-c4cc5ccccc5c5ccccc45)cc3)c3cccc4oc5ccccc5c34)cc2)cc(-c2cccc3ccccc23)c1. The van der Waals surface area contributed by atoms with E-state index in [2.05, 4.69) is 205 Å². The van der Waals surface area contributed by atoms with Gasteiger partial charge in [-0.3, -0.25) is 0 Å². The van der Waals surface area contributed by atoms with Crippen LogP contribution in [0.1, 0.15) is 0 Å². The molecule has 0 fully saturated rings. The van der Waals surface area contributed by atoms with Crippen LogP contribution < -0.4 is 4.90 Å². The molecule has 0 saturated carbocycles. The first kappa shape index (κ1) is 32.0. The molecular weight excluding hydrogens is 679 g/mol. The topological polar surface area (TPSA) is 16.4 Å². The number of para-hydroxylation sites is 1. The Kier molecular flexibility index (Phi) is 7.53. The number of hydrogen-bond acceptors (Lipinski definition) is 2. The molecular formula is C54H35NO. The van der Waals surface area contributed by atoms with Crippen LogP contribution in [0.2, 0.25) is 0 Å². The van der Waals surface area contributed by atoms with Crippen molar-refractivity contribution in [2.45, 2.75) is 0 Å². The van der Waals surface area contributed by atoms with Gasteiger partial charge in [-0.2, -0.15) is 0 Å². The molecule has 0 aliphatic heterocycles. The molecule has 0 atom stereocenters. The molecule has 56 heavy (non-hydrogen) atoms. The average Bonchev–Trinajstić information content (AvgIpc) is 3.66. The smallest absolute Gasteiger partial charge is 0.137 e. The van der Waals surface area contributed by atoms with E-state index in [1.165, 1.54) is 65.7 Å². The third kappa shape index (κ3) is 5.34. The molecule has 0 radical (unpaired) electrons. The van der Waals surface area contributed by atoms with Crippen LogP contribution in [-0.4, -0.2) is 0 Å². The molecule has 0 aliphatic carbocycles. The molecule has 0 saturated heterocycles. The first-order chi connectivity index (χ1) is 27.8. The van der Waals surface area contributed by atoms with Gasteiger partial charge in [0.15, 0.2) is 0 Å². The maximum atomic E-state index is 6.39. The Hall–Kier alpha value is -7.42. The lowest BCUT2D eigenvalue weighted by Crippen LogP contribution is -2.10. The molecule has 0 spiro atoms. The monoisotopic (exact) mass is 713 g/mol. The number of anilines is 3. The summed E-state index contributed by atoms with van der Waals surface area (Å²) in [5.74, 6) is 0. The molecule has 2 heteroatoms. The summed E-state index contributed by atoms with van der Waals surface area (Å²) in [6, 6.07) is 76.5. The summed E-state index contributed by atoms with van der Waals surface area (Å²) in [4.78, 5) is 2.36. The Balaban J connectivity index is 1.03. The number of fused-ring (bicyclic) bond motifs is 7. The maximum Gasteiger partial charge on any atom is 0.137 e. The largest absolute Gasteiger partial charge is 0.456 e. The van der Waals surface area contributed by atoms with E-state index in [0.29, 0.717) is 0 Å². The molecule has 10 aromatic carbocycles. The van der Waals surface area contributed by atoms with Crippen LogP contribution in [0.5, 0.6) is 0 Å². The number of benzene rings is 10. The van der Waals surface area contributed by atoms with Gasteiger partial charge in [0.25, 0.3) is 0 Å². The second kappa shape index (κ2) is 13.2. The standard InChI is InChI=1S/C54H35NO/c1-3-17-44-37(12-1)14-10-22-45(44)40-16-9-15-39(34-40)36-26-30-42(31-27-36)55(51-23-11-25-53-54(51)49-21-7-8-24-52(49)56-53)43-32-28-38(29-33-43)50-35-41-13-2-4-18-46(41)47-19-5-6-20-48(47)50/h1-35H. The zero-order valence-corrected chi connectivity index (χ0v) is 30.6. The normalized spacial score (nSPS) is 11.6. The predicted molar refractivity (Wildman–Crippen MR) is 237 cm³/mol. The predicted octanol–water partition coefficient (Wildman–Crippen LogP) is 15.5. The summed E-state index contributed by atoms with van der Waals surface area (Å²) in [5.41, 5.74) is 12.2. The van der Waals surface area contributed by atoms with Gasteiger partial charge in [0.05, 0.1) is 11.1 Å². The average molecular weight is 714 g/mol.